The predicted molar refractivity (Wildman–Crippen MR) is 75.1 cm³/mol. The third-order valence-corrected chi connectivity index (χ3v) is 4.34. The highest BCUT2D eigenvalue weighted by Gasteiger charge is 2.04. The summed E-state index contributed by atoms with van der Waals surface area (Å²) in [5, 5.41) is 0.718. The fourth-order valence-electron chi connectivity index (χ4n) is 1.33. The van der Waals surface area contributed by atoms with Crippen LogP contribution in [0.2, 0.25) is 5.02 Å². The molecule has 0 heterocycles. The number of halogens is 2. The van der Waals surface area contributed by atoms with E-state index in [4.69, 9.17) is 11.6 Å². The van der Waals surface area contributed by atoms with E-state index in [2.05, 4.69) is 15.9 Å². The first-order valence-electron chi connectivity index (χ1n) is 4.87. The summed E-state index contributed by atoms with van der Waals surface area (Å²) in [6.45, 7) is 0. The quantitative estimate of drug-likeness (QED) is 0.732. The summed E-state index contributed by atoms with van der Waals surface area (Å²) in [5.41, 5.74) is 0.660. The van der Waals surface area contributed by atoms with Gasteiger partial charge < -0.3 is 0 Å². The van der Waals surface area contributed by atoms with Crippen LogP contribution in [0, 0.1) is 0 Å². The zero-order valence-electron chi connectivity index (χ0n) is 8.69. The Balaban J connectivity index is 2.27. The zero-order valence-corrected chi connectivity index (χ0v) is 11.8. The lowest BCUT2D eigenvalue weighted by atomic mass is 10.2. The molecule has 0 saturated carbocycles. The van der Waals surface area contributed by atoms with E-state index in [0.29, 0.717) is 5.56 Å². The summed E-state index contributed by atoms with van der Waals surface area (Å²) in [5.74, 6) is 0. The normalized spacial score (nSPS) is 10.2. The molecule has 4 heteroatoms. The first-order valence-corrected chi connectivity index (χ1v) is 6.86. The zero-order chi connectivity index (χ0) is 12.3. The van der Waals surface area contributed by atoms with Crippen LogP contribution in [0.3, 0.4) is 0 Å². The van der Waals surface area contributed by atoms with Crippen LogP contribution in [0.1, 0.15) is 10.4 Å². The Kier molecular flexibility index (Phi) is 4.26. The van der Waals surface area contributed by atoms with Gasteiger partial charge >= 0.3 is 0 Å². The maximum atomic E-state index is 10.6. The number of carbonyl (C=O) groups is 1. The monoisotopic (exact) mass is 326 g/mol. The van der Waals surface area contributed by atoms with Crippen molar-refractivity contribution in [3.63, 3.8) is 0 Å². The maximum Gasteiger partial charge on any atom is 0.150 e. The van der Waals surface area contributed by atoms with Crippen LogP contribution in [0.4, 0.5) is 0 Å². The number of aldehydes is 1. The molecular weight excluding hydrogens is 320 g/mol. The maximum absolute atomic E-state index is 10.6. The van der Waals surface area contributed by atoms with Crippen LogP contribution >= 0.6 is 39.3 Å². The van der Waals surface area contributed by atoms with Crippen molar-refractivity contribution in [3.05, 3.63) is 57.5 Å². The van der Waals surface area contributed by atoms with E-state index in [-0.39, 0.29) is 0 Å². The fourth-order valence-corrected chi connectivity index (χ4v) is 3.10. The minimum Gasteiger partial charge on any atom is -0.298 e. The SMILES string of the molecule is O=Cc1ccc(Sc2cccc(Cl)c2)c(Br)c1. The third kappa shape index (κ3) is 3.35. The molecule has 0 unspecified atom stereocenters. The Morgan fingerprint density at radius 1 is 1.18 bits per heavy atom. The summed E-state index contributed by atoms with van der Waals surface area (Å²) in [6.07, 6.45) is 0.832. The van der Waals surface area contributed by atoms with Crippen molar-refractivity contribution >= 4 is 45.6 Å². The van der Waals surface area contributed by atoms with Gasteiger partial charge in [-0.15, -0.1) is 0 Å². The molecule has 0 spiro atoms. The van der Waals surface area contributed by atoms with Crippen molar-refractivity contribution in [3.8, 4) is 0 Å². The second kappa shape index (κ2) is 5.71. The van der Waals surface area contributed by atoms with Gasteiger partial charge in [-0.05, 0) is 46.3 Å². The molecule has 0 fully saturated rings. The van der Waals surface area contributed by atoms with E-state index in [1.165, 1.54) is 0 Å². The second-order valence-corrected chi connectivity index (χ2v) is 5.77. The van der Waals surface area contributed by atoms with Gasteiger partial charge in [0.1, 0.15) is 6.29 Å². The molecule has 17 heavy (non-hydrogen) atoms. The van der Waals surface area contributed by atoms with Crippen molar-refractivity contribution < 1.29 is 4.79 Å². The van der Waals surface area contributed by atoms with Crippen molar-refractivity contribution in [2.45, 2.75) is 9.79 Å². The van der Waals surface area contributed by atoms with Crippen molar-refractivity contribution in [1.29, 1.82) is 0 Å². The van der Waals surface area contributed by atoms with Gasteiger partial charge in [-0.25, -0.2) is 0 Å². The molecule has 0 aliphatic carbocycles. The standard InChI is InChI=1S/C13H8BrClOS/c14-12-6-9(8-16)4-5-13(12)17-11-3-1-2-10(15)7-11/h1-8H. The summed E-state index contributed by atoms with van der Waals surface area (Å²) in [6, 6.07) is 13.2. The van der Waals surface area contributed by atoms with Crippen LogP contribution in [0.5, 0.6) is 0 Å². The molecule has 0 aliphatic rings. The lowest BCUT2D eigenvalue weighted by Gasteiger charge is -2.05. The van der Waals surface area contributed by atoms with E-state index >= 15 is 0 Å². The van der Waals surface area contributed by atoms with Gasteiger partial charge in [0.25, 0.3) is 0 Å². The number of hydrogen-bond acceptors (Lipinski definition) is 2. The molecule has 0 radical (unpaired) electrons. The van der Waals surface area contributed by atoms with Crippen molar-refractivity contribution in [1.82, 2.24) is 0 Å². The molecule has 0 N–H and O–H groups in total. The number of rotatable bonds is 3. The third-order valence-electron chi connectivity index (χ3n) is 2.12. The summed E-state index contributed by atoms with van der Waals surface area (Å²) >= 11 is 11.0. The van der Waals surface area contributed by atoms with E-state index in [0.717, 1.165) is 25.6 Å². The van der Waals surface area contributed by atoms with Gasteiger partial charge in [-0.2, -0.15) is 0 Å². The van der Waals surface area contributed by atoms with Crippen molar-refractivity contribution in [2.24, 2.45) is 0 Å². The molecule has 0 saturated heterocycles. The highest BCUT2D eigenvalue weighted by molar-refractivity contribution is 9.10. The van der Waals surface area contributed by atoms with Crippen LogP contribution in [0.25, 0.3) is 0 Å². The summed E-state index contributed by atoms with van der Waals surface area (Å²) in [4.78, 5) is 12.7. The predicted octanol–water partition coefficient (Wildman–Crippen LogP) is 5.07. The highest BCUT2D eigenvalue weighted by atomic mass is 79.9. The summed E-state index contributed by atoms with van der Waals surface area (Å²) < 4.78 is 0.909. The Hall–Kier alpha value is -0.770. The van der Waals surface area contributed by atoms with E-state index < -0.39 is 0 Å². The molecule has 2 aromatic rings. The molecule has 1 nitrogen and oxygen atoms in total. The average molecular weight is 328 g/mol. The number of carbonyl (C=O) groups excluding carboxylic acids is 1. The molecule has 0 atom stereocenters. The Bertz CT molecular complexity index is 557. The van der Waals surface area contributed by atoms with Gasteiger partial charge in [-0.3, -0.25) is 4.79 Å². The van der Waals surface area contributed by atoms with Gasteiger partial charge in [0.05, 0.1) is 0 Å². The lowest BCUT2D eigenvalue weighted by molar-refractivity contribution is 0.112. The first-order chi connectivity index (χ1) is 8.19. The van der Waals surface area contributed by atoms with Crippen LogP contribution in [-0.4, -0.2) is 6.29 Å². The van der Waals surface area contributed by atoms with E-state index in [1.54, 1.807) is 23.9 Å². The molecule has 0 bridgehead atoms. The Morgan fingerprint density at radius 2 is 2.00 bits per heavy atom. The highest BCUT2D eigenvalue weighted by Crippen LogP contribution is 2.34. The van der Waals surface area contributed by atoms with Crippen LogP contribution in [-0.2, 0) is 0 Å². The summed E-state index contributed by atoms with van der Waals surface area (Å²) in [7, 11) is 0. The molecular formula is C13H8BrClOS. The van der Waals surface area contributed by atoms with Crippen molar-refractivity contribution in [2.75, 3.05) is 0 Å². The fraction of sp³-hybridized carbons (Fsp3) is 0. The largest absolute Gasteiger partial charge is 0.298 e. The van der Waals surface area contributed by atoms with Gasteiger partial charge in [0.2, 0.25) is 0 Å². The van der Waals surface area contributed by atoms with Crippen LogP contribution < -0.4 is 0 Å². The first kappa shape index (κ1) is 12.7. The molecule has 0 amide bonds. The molecule has 2 rings (SSSR count). The van der Waals surface area contributed by atoms with E-state index in [1.807, 2.05) is 30.3 Å². The number of hydrogen-bond donors (Lipinski definition) is 0. The molecule has 86 valence electrons. The van der Waals surface area contributed by atoms with Gasteiger partial charge in [0.15, 0.2) is 0 Å². The van der Waals surface area contributed by atoms with Gasteiger partial charge in [-0.1, -0.05) is 35.5 Å². The van der Waals surface area contributed by atoms with Crippen LogP contribution in [0.15, 0.2) is 56.7 Å². The Morgan fingerprint density at radius 3 is 2.65 bits per heavy atom. The lowest BCUT2D eigenvalue weighted by Crippen LogP contribution is -1.82. The Labute approximate surface area is 117 Å². The minimum atomic E-state index is 0.660. The van der Waals surface area contributed by atoms with E-state index in [9.17, 15) is 4.79 Å². The van der Waals surface area contributed by atoms with Gasteiger partial charge in [0, 0.05) is 24.8 Å². The molecule has 0 aliphatic heterocycles. The molecule has 2 aromatic carbocycles. The topological polar surface area (TPSA) is 17.1 Å². The number of benzene rings is 2. The second-order valence-electron chi connectivity index (χ2n) is 3.37. The molecule has 0 aromatic heterocycles. The minimum absolute atomic E-state index is 0.660. The average Bonchev–Trinajstić information content (AvgIpc) is 2.32. The smallest absolute Gasteiger partial charge is 0.150 e.